The molecule has 0 unspecified atom stereocenters. The molecule has 0 aliphatic carbocycles. The maximum Gasteiger partial charge on any atom is 0.418 e. The lowest BCUT2D eigenvalue weighted by atomic mass is 10.1. The molecule has 0 atom stereocenters. The van der Waals surface area contributed by atoms with Gasteiger partial charge in [0.05, 0.1) is 23.9 Å². The Labute approximate surface area is 148 Å². The van der Waals surface area contributed by atoms with E-state index in [1.54, 1.807) is 12.1 Å². The monoisotopic (exact) mass is 366 g/mol. The predicted octanol–water partition coefficient (Wildman–Crippen LogP) is 3.93. The van der Waals surface area contributed by atoms with Crippen molar-refractivity contribution in [2.75, 3.05) is 24.3 Å². The molecular weight excluding hydrogens is 349 g/mol. The Kier molecular flexibility index (Phi) is 6.21. The summed E-state index contributed by atoms with van der Waals surface area (Å²) in [5, 5.41) is 5.17. The zero-order chi connectivity index (χ0) is 19.2. The third-order valence-corrected chi connectivity index (χ3v) is 3.51. The number of carbonyl (C=O) groups is 2. The van der Waals surface area contributed by atoms with Crippen molar-refractivity contribution in [2.24, 2.45) is 0 Å². The molecule has 8 heteroatoms. The van der Waals surface area contributed by atoms with E-state index in [0.29, 0.717) is 0 Å². The normalized spacial score (nSPS) is 10.9. The van der Waals surface area contributed by atoms with Crippen LogP contribution in [0.25, 0.3) is 0 Å². The smallest absolute Gasteiger partial charge is 0.418 e. The van der Waals surface area contributed by atoms with Crippen LogP contribution in [-0.4, -0.2) is 25.5 Å². The molecular formula is C18H17F3N2O3. The zero-order valence-corrected chi connectivity index (χ0v) is 13.9. The van der Waals surface area contributed by atoms with Gasteiger partial charge in [0.25, 0.3) is 0 Å². The van der Waals surface area contributed by atoms with Gasteiger partial charge < -0.3 is 15.4 Å². The van der Waals surface area contributed by atoms with Crippen molar-refractivity contribution >= 4 is 23.3 Å². The van der Waals surface area contributed by atoms with Crippen LogP contribution < -0.4 is 10.6 Å². The van der Waals surface area contributed by atoms with E-state index in [0.717, 1.165) is 6.07 Å². The predicted molar refractivity (Wildman–Crippen MR) is 91.0 cm³/mol. The average Bonchev–Trinajstić information content (AvgIpc) is 2.61. The quantitative estimate of drug-likeness (QED) is 0.760. The third-order valence-electron chi connectivity index (χ3n) is 3.51. The van der Waals surface area contributed by atoms with E-state index in [1.807, 2.05) is 0 Å². The molecule has 0 aromatic heterocycles. The number of halogens is 3. The van der Waals surface area contributed by atoms with Crippen LogP contribution in [0.4, 0.5) is 24.5 Å². The van der Waals surface area contributed by atoms with Gasteiger partial charge in [-0.05, 0) is 24.3 Å². The van der Waals surface area contributed by atoms with Gasteiger partial charge in [-0.15, -0.1) is 0 Å². The highest BCUT2D eigenvalue weighted by molar-refractivity contribution is 6.01. The van der Waals surface area contributed by atoms with Crippen LogP contribution in [0.3, 0.4) is 0 Å². The molecule has 0 radical (unpaired) electrons. The Morgan fingerprint density at radius 1 is 1.00 bits per heavy atom. The van der Waals surface area contributed by atoms with E-state index in [9.17, 15) is 22.8 Å². The van der Waals surface area contributed by atoms with Crippen LogP contribution in [-0.2, 0) is 15.7 Å². The third kappa shape index (κ3) is 4.98. The Hall–Kier alpha value is -3.03. The zero-order valence-electron chi connectivity index (χ0n) is 13.9. The first-order valence-electron chi connectivity index (χ1n) is 7.70. The van der Waals surface area contributed by atoms with E-state index >= 15 is 0 Å². The molecule has 5 nitrogen and oxygen atoms in total. The first kappa shape index (κ1) is 19.3. The van der Waals surface area contributed by atoms with Gasteiger partial charge >= 0.3 is 12.1 Å². The second-order valence-corrected chi connectivity index (χ2v) is 5.31. The number of rotatable bonds is 6. The number of esters is 1. The first-order chi connectivity index (χ1) is 12.3. The highest BCUT2D eigenvalue weighted by atomic mass is 19.4. The van der Waals surface area contributed by atoms with Crippen LogP contribution in [0.5, 0.6) is 0 Å². The molecule has 0 spiro atoms. The van der Waals surface area contributed by atoms with Gasteiger partial charge in [-0.25, -0.2) is 4.79 Å². The van der Waals surface area contributed by atoms with E-state index in [-0.39, 0.29) is 29.9 Å². The maximum atomic E-state index is 12.9. The lowest BCUT2D eigenvalue weighted by Gasteiger charge is -2.14. The van der Waals surface area contributed by atoms with Crippen LogP contribution >= 0.6 is 0 Å². The Morgan fingerprint density at radius 3 is 2.27 bits per heavy atom. The van der Waals surface area contributed by atoms with E-state index < -0.39 is 23.6 Å². The first-order valence-corrected chi connectivity index (χ1v) is 7.70. The molecule has 2 N–H and O–H groups in total. The number of benzene rings is 2. The van der Waals surface area contributed by atoms with Gasteiger partial charge in [-0.1, -0.05) is 24.3 Å². The minimum absolute atomic E-state index is 0.000677. The fourth-order valence-corrected chi connectivity index (χ4v) is 2.29. The molecule has 1 amide bonds. The standard InChI is InChI=1S/C18H17F3N2O3/c1-26-17(25)12-6-2-4-8-14(12)23-16(24)10-11-22-15-9-5-3-7-13(15)18(19,20)21/h2-9,22H,10-11H2,1H3,(H,23,24). The van der Waals surface area contributed by atoms with Gasteiger partial charge in [0.15, 0.2) is 0 Å². The second kappa shape index (κ2) is 8.37. The number of amides is 1. The van der Waals surface area contributed by atoms with Crippen LogP contribution in [0.1, 0.15) is 22.3 Å². The molecule has 0 fully saturated rings. The minimum atomic E-state index is -4.48. The molecule has 0 aliphatic heterocycles. The van der Waals surface area contributed by atoms with Gasteiger partial charge in [0, 0.05) is 18.7 Å². The van der Waals surface area contributed by atoms with Gasteiger partial charge in [0.1, 0.15) is 0 Å². The van der Waals surface area contributed by atoms with E-state index in [4.69, 9.17) is 0 Å². The summed E-state index contributed by atoms with van der Waals surface area (Å²) in [7, 11) is 1.23. The van der Waals surface area contributed by atoms with Crippen molar-refractivity contribution in [3.8, 4) is 0 Å². The number of methoxy groups -OCH3 is 1. The summed E-state index contributed by atoms with van der Waals surface area (Å²) in [5.41, 5.74) is -0.419. The number of carbonyl (C=O) groups excluding carboxylic acids is 2. The number of alkyl halides is 3. The Balaban J connectivity index is 1.96. The number of hydrogen-bond acceptors (Lipinski definition) is 4. The van der Waals surface area contributed by atoms with Crippen molar-refractivity contribution in [1.82, 2.24) is 0 Å². The fourth-order valence-electron chi connectivity index (χ4n) is 2.29. The molecule has 0 aliphatic rings. The summed E-state index contributed by atoms with van der Waals surface area (Å²) in [6.07, 6.45) is -4.56. The van der Waals surface area contributed by atoms with Gasteiger partial charge in [-0.3, -0.25) is 4.79 Å². The number of ether oxygens (including phenoxy) is 1. The lowest BCUT2D eigenvalue weighted by Crippen LogP contribution is -2.19. The van der Waals surface area contributed by atoms with Crippen molar-refractivity contribution in [3.05, 3.63) is 59.7 Å². The van der Waals surface area contributed by atoms with Crippen LogP contribution in [0.2, 0.25) is 0 Å². The summed E-state index contributed by atoms with van der Waals surface area (Å²) in [4.78, 5) is 23.7. The Morgan fingerprint density at radius 2 is 1.62 bits per heavy atom. The molecule has 2 aromatic carbocycles. The number of para-hydroxylation sites is 2. The minimum Gasteiger partial charge on any atom is -0.465 e. The Bertz CT molecular complexity index is 791. The van der Waals surface area contributed by atoms with Gasteiger partial charge in [-0.2, -0.15) is 13.2 Å². The van der Waals surface area contributed by atoms with Gasteiger partial charge in [0.2, 0.25) is 5.91 Å². The molecule has 2 aromatic rings. The highest BCUT2D eigenvalue weighted by Gasteiger charge is 2.33. The second-order valence-electron chi connectivity index (χ2n) is 5.31. The number of hydrogen-bond donors (Lipinski definition) is 2. The summed E-state index contributed by atoms with van der Waals surface area (Å²) in [5.74, 6) is -1.04. The lowest BCUT2D eigenvalue weighted by molar-refractivity contribution is -0.137. The molecule has 0 saturated heterocycles. The van der Waals surface area contributed by atoms with E-state index in [2.05, 4.69) is 15.4 Å². The SMILES string of the molecule is COC(=O)c1ccccc1NC(=O)CCNc1ccccc1C(F)(F)F. The number of nitrogens with one attached hydrogen (secondary N) is 2. The van der Waals surface area contributed by atoms with Crippen LogP contribution in [0.15, 0.2) is 48.5 Å². The fraction of sp³-hybridized carbons (Fsp3) is 0.222. The topological polar surface area (TPSA) is 67.4 Å². The highest BCUT2D eigenvalue weighted by Crippen LogP contribution is 2.34. The molecule has 138 valence electrons. The largest absolute Gasteiger partial charge is 0.465 e. The van der Waals surface area contributed by atoms with Crippen molar-refractivity contribution in [2.45, 2.75) is 12.6 Å². The molecule has 26 heavy (non-hydrogen) atoms. The molecule has 2 rings (SSSR count). The van der Waals surface area contributed by atoms with E-state index in [1.165, 1.54) is 37.4 Å². The molecule has 0 saturated carbocycles. The molecule has 0 heterocycles. The number of anilines is 2. The maximum absolute atomic E-state index is 12.9. The van der Waals surface area contributed by atoms with Crippen LogP contribution in [0, 0.1) is 0 Å². The van der Waals surface area contributed by atoms with Crippen molar-refractivity contribution in [1.29, 1.82) is 0 Å². The summed E-state index contributed by atoms with van der Waals surface area (Å²) >= 11 is 0. The summed E-state index contributed by atoms with van der Waals surface area (Å²) < 4.78 is 43.4. The average molecular weight is 366 g/mol. The van der Waals surface area contributed by atoms with Crippen molar-refractivity contribution < 1.29 is 27.5 Å². The summed E-state index contributed by atoms with van der Waals surface area (Å²) in [6, 6.07) is 11.3. The summed E-state index contributed by atoms with van der Waals surface area (Å²) in [6.45, 7) is -0.000677. The molecule has 0 bridgehead atoms. The van der Waals surface area contributed by atoms with Crippen molar-refractivity contribution in [3.63, 3.8) is 0 Å².